The number of rotatable bonds is 3. The van der Waals surface area contributed by atoms with Crippen LogP contribution in [0.3, 0.4) is 0 Å². The van der Waals surface area contributed by atoms with Crippen LogP contribution in [0.25, 0.3) is 11.0 Å². The van der Waals surface area contributed by atoms with Gasteiger partial charge in [-0.25, -0.2) is 4.79 Å². The second-order valence-corrected chi connectivity index (χ2v) is 6.20. The number of hydrogen-bond donors (Lipinski definition) is 2. The molecule has 25 heavy (non-hydrogen) atoms. The number of fused-ring (bicyclic) bond motifs is 2. The Bertz CT molecular complexity index is 935. The fraction of sp³-hybridized carbons (Fsp3) is 0.263. The summed E-state index contributed by atoms with van der Waals surface area (Å²) in [4.78, 5) is 21.3. The summed E-state index contributed by atoms with van der Waals surface area (Å²) in [6, 6.07) is 11.7. The first-order chi connectivity index (χ1) is 12.2. The minimum atomic E-state index is -0.784. The maximum Gasteiger partial charge on any atom is 0.340 e. The molecule has 0 fully saturated rings. The third kappa shape index (κ3) is 2.79. The second-order valence-electron chi connectivity index (χ2n) is 6.20. The number of aromatic nitrogens is 2. The zero-order chi connectivity index (χ0) is 17.4. The van der Waals surface area contributed by atoms with E-state index >= 15 is 0 Å². The Morgan fingerprint density at radius 1 is 1.32 bits per heavy atom. The van der Waals surface area contributed by atoms with Gasteiger partial charge < -0.3 is 14.8 Å². The summed E-state index contributed by atoms with van der Waals surface area (Å²) < 4.78 is 4.81. The van der Waals surface area contributed by atoms with Gasteiger partial charge in [-0.2, -0.15) is 0 Å². The molecule has 2 N–H and O–H groups in total. The van der Waals surface area contributed by atoms with Crippen molar-refractivity contribution in [3.8, 4) is 0 Å². The van der Waals surface area contributed by atoms with Crippen LogP contribution < -0.4 is 0 Å². The lowest BCUT2D eigenvalue weighted by Crippen LogP contribution is -2.34. The molecule has 1 unspecified atom stereocenters. The molecule has 6 nitrogen and oxygen atoms in total. The number of esters is 1. The Morgan fingerprint density at radius 2 is 2.12 bits per heavy atom. The Morgan fingerprint density at radius 3 is 2.92 bits per heavy atom. The van der Waals surface area contributed by atoms with Crippen molar-refractivity contribution in [2.75, 3.05) is 13.7 Å². The van der Waals surface area contributed by atoms with Gasteiger partial charge >= 0.3 is 5.97 Å². The Kier molecular flexibility index (Phi) is 3.99. The number of methoxy groups -OCH3 is 1. The molecule has 1 aromatic carbocycles. The van der Waals surface area contributed by atoms with E-state index in [4.69, 9.17) is 4.74 Å². The van der Waals surface area contributed by atoms with Crippen molar-refractivity contribution in [2.24, 2.45) is 0 Å². The van der Waals surface area contributed by atoms with Gasteiger partial charge in [0.2, 0.25) is 0 Å². The number of hydrogen-bond acceptors (Lipinski definition) is 5. The number of aromatic amines is 1. The number of aliphatic hydroxyl groups excluding tert-OH is 1. The van der Waals surface area contributed by atoms with Crippen molar-refractivity contribution in [3.63, 3.8) is 0 Å². The monoisotopic (exact) mass is 337 g/mol. The standard InChI is InChI=1S/C19H19N3O3/c1-25-19(24)14-6-8-20-15-10-16(21-17(14)15)18(23)22-9-7-12-4-2-3-5-13(12)11-22/h2-6,8,10,18,21,23H,7,9,11H2,1H3. The highest BCUT2D eigenvalue weighted by molar-refractivity contribution is 6.01. The fourth-order valence-corrected chi connectivity index (χ4v) is 3.39. The highest BCUT2D eigenvalue weighted by Gasteiger charge is 2.25. The Labute approximate surface area is 145 Å². The number of benzene rings is 1. The lowest BCUT2D eigenvalue weighted by molar-refractivity contribution is -0.0104. The van der Waals surface area contributed by atoms with Crippen LogP contribution in [0.15, 0.2) is 42.6 Å². The molecule has 1 aliphatic rings. The molecule has 2 aromatic heterocycles. The summed E-state index contributed by atoms with van der Waals surface area (Å²) in [7, 11) is 1.35. The van der Waals surface area contributed by atoms with Crippen molar-refractivity contribution < 1.29 is 14.6 Å². The molecule has 3 heterocycles. The minimum Gasteiger partial charge on any atom is -0.465 e. The van der Waals surface area contributed by atoms with E-state index in [1.54, 1.807) is 18.3 Å². The van der Waals surface area contributed by atoms with Crippen LogP contribution in [0, 0.1) is 0 Å². The summed E-state index contributed by atoms with van der Waals surface area (Å²) in [5.74, 6) is -0.429. The summed E-state index contributed by atoms with van der Waals surface area (Å²) in [5, 5.41) is 10.8. The smallest absolute Gasteiger partial charge is 0.340 e. The Balaban J connectivity index is 1.65. The first kappa shape index (κ1) is 15.8. The van der Waals surface area contributed by atoms with Crippen molar-refractivity contribution >= 4 is 17.0 Å². The lowest BCUT2D eigenvalue weighted by atomic mass is 9.99. The topological polar surface area (TPSA) is 78.5 Å². The molecule has 0 amide bonds. The van der Waals surface area contributed by atoms with Crippen LogP contribution in [-0.2, 0) is 17.7 Å². The van der Waals surface area contributed by atoms with E-state index in [1.807, 2.05) is 17.0 Å². The highest BCUT2D eigenvalue weighted by Crippen LogP contribution is 2.28. The van der Waals surface area contributed by atoms with E-state index in [2.05, 4.69) is 22.1 Å². The van der Waals surface area contributed by atoms with Gasteiger partial charge in [0.15, 0.2) is 0 Å². The van der Waals surface area contributed by atoms with E-state index in [1.165, 1.54) is 18.2 Å². The van der Waals surface area contributed by atoms with E-state index < -0.39 is 12.2 Å². The molecule has 3 aromatic rings. The molecule has 0 saturated carbocycles. The predicted molar refractivity (Wildman–Crippen MR) is 92.9 cm³/mol. The average Bonchev–Trinajstić information content (AvgIpc) is 3.10. The first-order valence-corrected chi connectivity index (χ1v) is 8.22. The van der Waals surface area contributed by atoms with Gasteiger partial charge in [0, 0.05) is 19.3 Å². The fourth-order valence-electron chi connectivity index (χ4n) is 3.39. The molecule has 0 bridgehead atoms. The molecule has 0 aliphatic carbocycles. The van der Waals surface area contributed by atoms with Crippen molar-refractivity contribution in [1.29, 1.82) is 0 Å². The normalized spacial score (nSPS) is 15.8. The number of nitrogens with one attached hydrogen (secondary N) is 1. The molecule has 4 rings (SSSR count). The van der Waals surface area contributed by atoms with Gasteiger partial charge in [0.25, 0.3) is 0 Å². The molecular formula is C19H19N3O3. The number of ether oxygens (including phenoxy) is 1. The third-order valence-corrected chi connectivity index (χ3v) is 4.73. The van der Waals surface area contributed by atoms with Crippen LogP contribution in [0.4, 0.5) is 0 Å². The van der Waals surface area contributed by atoms with Crippen molar-refractivity contribution in [2.45, 2.75) is 19.2 Å². The molecule has 6 heteroatoms. The van der Waals surface area contributed by atoms with Crippen molar-refractivity contribution in [1.82, 2.24) is 14.9 Å². The summed E-state index contributed by atoms with van der Waals surface area (Å²) in [6.07, 6.45) is 1.68. The van der Waals surface area contributed by atoms with E-state index in [0.29, 0.717) is 28.8 Å². The SMILES string of the molecule is COC(=O)c1ccnc2cc(C(O)N3CCc4ccccc4C3)[nH]c12. The molecule has 0 radical (unpaired) electrons. The van der Waals surface area contributed by atoms with E-state index in [-0.39, 0.29) is 0 Å². The predicted octanol–water partition coefficient (Wildman–Crippen LogP) is 2.40. The van der Waals surface area contributed by atoms with Gasteiger partial charge in [-0.05, 0) is 29.7 Å². The molecule has 0 spiro atoms. The summed E-state index contributed by atoms with van der Waals surface area (Å²) in [6.45, 7) is 1.45. The van der Waals surface area contributed by atoms with E-state index in [9.17, 15) is 9.90 Å². The Hall–Kier alpha value is -2.70. The van der Waals surface area contributed by atoms with Gasteiger partial charge in [-0.1, -0.05) is 24.3 Å². The van der Waals surface area contributed by atoms with Crippen LogP contribution >= 0.6 is 0 Å². The average molecular weight is 337 g/mol. The number of aliphatic hydroxyl groups is 1. The zero-order valence-corrected chi connectivity index (χ0v) is 13.9. The van der Waals surface area contributed by atoms with Gasteiger partial charge in [0.1, 0.15) is 6.23 Å². The molecule has 1 atom stereocenters. The quantitative estimate of drug-likeness (QED) is 0.718. The van der Waals surface area contributed by atoms with Crippen LogP contribution in [-0.4, -0.2) is 39.6 Å². The number of H-pyrrole nitrogens is 1. The lowest BCUT2D eigenvalue weighted by Gasteiger charge is -2.32. The molecular weight excluding hydrogens is 318 g/mol. The number of carbonyl (C=O) groups is 1. The second kappa shape index (κ2) is 6.31. The summed E-state index contributed by atoms with van der Waals surface area (Å²) in [5.41, 5.74) is 4.82. The first-order valence-electron chi connectivity index (χ1n) is 8.22. The maximum atomic E-state index is 11.9. The van der Waals surface area contributed by atoms with Crippen LogP contribution in [0.1, 0.15) is 33.4 Å². The number of carbonyl (C=O) groups excluding carboxylic acids is 1. The zero-order valence-electron chi connectivity index (χ0n) is 13.9. The largest absolute Gasteiger partial charge is 0.465 e. The molecule has 1 aliphatic heterocycles. The van der Waals surface area contributed by atoms with E-state index in [0.717, 1.165) is 13.0 Å². The number of nitrogens with zero attached hydrogens (tertiary/aromatic N) is 2. The molecule has 128 valence electrons. The van der Waals surface area contributed by atoms with Gasteiger partial charge in [0.05, 0.1) is 29.4 Å². The van der Waals surface area contributed by atoms with Crippen LogP contribution in [0.2, 0.25) is 0 Å². The molecule has 0 saturated heterocycles. The number of pyridine rings is 1. The van der Waals surface area contributed by atoms with Crippen molar-refractivity contribution in [3.05, 3.63) is 65.0 Å². The van der Waals surface area contributed by atoms with Gasteiger partial charge in [-0.15, -0.1) is 0 Å². The minimum absolute atomic E-state index is 0.412. The maximum absolute atomic E-state index is 11.9. The van der Waals surface area contributed by atoms with Gasteiger partial charge in [-0.3, -0.25) is 9.88 Å². The van der Waals surface area contributed by atoms with Crippen LogP contribution in [0.5, 0.6) is 0 Å². The third-order valence-electron chi connectivity index (χ3n) is 4.73. The highest BCUT2D eigenvalue weighted by atomic mass is 16.5. The summed E-state index contributed by atoms with van der Waals surface area (Å²) >= 11 is 0.